The third kappa shape index (κ3) is 4.12. The number of anilines is 2. The van der Waals surface area contributed by atoms with Crippen LogP contribution < -0.4 is 25.4 Å². The first-order valence-electron chi connectivity index (χ1n) is 12.4. The van der Waals surface area contributed by atoms with Gasteiger partial charge in [-0.25, -0.2) is 9.37 Å². The van der Waals surface area contributed by atoms with Gasteiger partial charge in [0.2, 0.25) is 5.88 Å². The number of nitrogens with one attached hydrogen (secondary N) is 4. The molecule has 194 valence electrons. The van der Waals surface area contributed by atoms with Gasteiger partial charge < -0.3 is 30.4 Å². The van der Waals surface area contributed by atoms with Crippen LogP contribution in [0.15, 0.2) is 54.7 Å². The maximum atomic E-state index is 14.6. The summed E-state index contributed by atoms with van der Waals surface area (Å²) in [5, 5.41) is 9.48. The number of aromatic amines is 1. The Balaban J connectivity index is 1.61. The van der Waals surface area contributed by atoms with Crippen LogP contribution in [0, 0.1) is 5.82 Å². The van der Waals surface area contributed by atoms with Crippen LogP contribution in [-0.4, -0.2) is 54.2 Å². The number of aromatic nitrogens is 3. The van der Waals surface area contributed by atoms with E-state index in [0.717, 1.165) is 11.3 Å². The molecule has 0 saturated heterocycles. The van der Waals surface area contributed by atoms with Gasteiger partial charge in [0.25, 0.3) is 5.91 Å². The van der Waals surface area contributed by atoms with Crippen LogP contribution in [0.4, 0.5) is 15.8 Å². The SMILES string of the molecule is CNC[C@@H]1/C=C\CC2CNC(=O)c3c2[nH]c(c3Nc2cccc(F)c2OC)-c2ccnc3ccc(nc23)O1. The number of hydrogen-bond donors (Lipinski definition) is 4. The van der Waals surface area contributed by atoms with Crippen LogP contribution in [0.2, 0.25) is 0 Å². The molecule has 1 unspecified atom stereocenters. The molecule has 6 rings (SSSR count). The molecule has 0 radical (unpaired) electrons. The summed E-state index contributed by atoms with van der Waals surface area (Å²) in [5.41, 5.74) is 4.87. The highest BCUT2D eigenvalue weighted by Crippen LogP contribution is 2.43. The molecule has 4 N–H and O–H groups in total. The number of halogens is 1. The van der Waals surface area contributed by atoms with Crippen molar-refractivity contribution in [3.05, 3.63) is 71.8 Å². The van der Waals surface area contributed by atoms with Crippen molar-refractivity contribution in [2.24, 2.45) is 0 Å². The molecular formula is C28H27FN6O3. The second-order valence-corrected chi connectivity index (χ2v) is 9.27. The molecule has 0 spiro atoms. The summed E-state index contributed by atoms with van der Waals surface area (Å²) in [4.78, 5) is 26.1. The average Bonchev–Trinajstić information content (AvgIpc) is 3.29. The first-order valence-corrected chi connectivity index (χ1v) is 12.4. The Morgan fingerprint density at radius 3 is 2.97 bits per heavy atom. The van der Waals surface area contributed by atoms with Crippen molar-refractivity contribution in [2.75, 3.05) is 32.6 Å². The van der Waals surface area contributed by atoms with Gasteiger partial charge in [-0.15, -0.1) is 0 Å². The zero-order chi connectivity index (χ0) is 26.2. The molecular weight excluding hydrogens is 487 g/mol. The minimum Gasteiger partial charge on any atom is -0.492 e. The lowest BCUT2D eigenvalue weighted by molar-refractivity contribution is 0.0941. The van der Waals surface area contributed by atoms with Crippen molar-refractivity contribution >= 4 is 28.3 Å². The largest absolute Gasteiger partial charge is 0.492 e. The number of amides is 1. The van der Waals surface area contributed by atoms with Crippen molar-refractivity contribution in [3.8, 4) is 22.9 Å². The Hall–Kier alpha value is -4.44. The van der Waals surface area contributed by atoms with E-state index in [1.165, 1.54) is 13.2 Å². The van der Waals surface area contributed by atoms with Crippen molar-refractivity contribution < 1.29 is 18.7 Å². The van der Waals surface area contributed by atoms with Gasteiger partial charge >= 0.3 is 0 Å². The number of hydrogen-bond acceptors (Lipinski definition) is 7. The van der Waals surface area contributed by atoms with Gasteiger partial charge in [-0.05, 0) is 43.8 Å². The summed E-state index contributed by atoms with van der Waals surface area (Å²) in [6, 6.07) is 10.1. The number of para-hydroxylation sites is 1. The maximum absolute atomic E-state index is 14.6. The van der Waals surface area contributed by atoms with Gasteiger partial charge in [-0.3, -0.25) is 9.78 Å². The van der Waals surface area contributed by atoms with Gasteiger partial charge in [-0.2, -0.15) is 0 Å². The molecule has 0 fully saturated rings. The number of allylic oxidation sites excluding steroid dienone is 1. The zero-order valence-corrected chi connectivity index (χ0v) is 21.0. The van der Waals surface area contributed by atoms with E-state index < -0.39 is 5.82 Å². The van der Waals surface area contributed by atoms with E-state index >= 15 is 0 Å². The summed E-state index contributed by atoms with van der Waals surface area (Å²) >= 11 is 0. The number of nitrogens with zero attached hydrogens (tertiary/aromatic N) is 2. The summed E-state index contributed by atoms with van der Waals surface area (Å²) in [7, 11) is 3.28. The molecule has 0 saturated carbocycles. The molecule has 3 aromatic heterocycles. The maximum Gasteiger partial charge on any atom is 0.255 e. The van der Waals surface area contributed by atoms with Crippen LogP contribution in [0.25, 0.3) is 22.3 Å². The normalized spacial score (nSPS) is 19.1. The number of benzene rings is 1. The predicted octanol–water partition coefficient (Wildman–Crippen LogP) is 4.27. The number of fused-ring (bicyclic) bond motifs is 3. The van der Waals surface area contributed by atoms with Gasteiger partial charge in [0, 0.05) is 42.5 Å². The number of pyridine rings is 2. The smallest absolute Gasteiger partial charge is 0.255 e. The molecule has 38 heavy (non-hydrogen) atoms. The van der Waals surface area contributed by atoms with Crippen molar-refractivity contribution in [1.82, 2.24) is 25.6 Å². The van der Waals surface area contributed by atoms with Crippen LogP contribution >= 0.6 is 0 Å². The first-order chi connectivity index (χ1) is 18.6. The summed E-state index contributed by atoms with van der Waals surface area (Å²) < 4.78 is 26.1. The lowest BCUT2D eigenvalue weighted by Crippen LogP contribution is -2.35. The summed E-state index contributed by atoms with van der Waals surface area (Å²) in [6.07, 6.45) is 6.24. The van der Waals surface area contributed by atoms with Gasteiger partial charge in [0.05, 0.1) is 35.3 Å². The van der Waals surface area contributed by atoms with Crippen molar-refractivity contribution in [3.63, 3.8) is 0 Å². The Bertz CT molecular complexity index is 1570. The quantitative estimate of drug-likeness (QED) is 0.294. The fraction of sp³-hybridized carbons (Fsp3) is 0.250. The van der Waals surface area contributed by atoms with Crippen molar-refractivity contribution in [1.29, 1.82) is 0 Å². The molecule has 2 atom stereocenters. The van der Waals surface area contributed by atoms with Crippen LogP contribution in [0.1, 0.15) is 28.4 Å². The van der Waals surface area contributed by atoms with Crippen LogP contribution in [0.5, 0.6) is 11.6 Å². The van der Waals surface area contributed by atoms with E-state index in [1.54, 1.807) is 24.4 Å². The molecule has 0 aliphatic carbocycles. The van der Waals surface area contributed by atoms with E-state index in [4.69, 9.17) is 14.5 Å². The van der Waals surface area contributed by atoms with Gasteiger partial charge in [-0.1, -0.05) is 12.1 Å². The molecule has 1 amide bonds. The second kappa shape index (κ2) is 9.79. The Morgan fingerprint density at radius 2 is 2.13 bits per heavy atom. The number of ether oxygens (including phenoxy) is 2. The minimum absolute atomic E-state index is 0.00737. The number of rotatable bonds is 5. The molecule has 5 heterocycles. The minimum atomic E-state index is -0.507. The lowest BCUT2D eigenvalue weighted by atomic mass is 9.93. The third-order valence-corrected chi connectivity index (χ3v) is 6.88. The van der Waals surface area contributed by atoms with Crippen molar-refractivity contribution in [2.45, 2.75) is 18.4 Å². The Kier molecular flexibility index (Phi) is 6.16. The molecule has 1 aromatic carbocycles. The van der Waals surface area contributed by atoms with E-state index in [-0.39, 0.29) is 23.7 Å². The Morgan fingerprint density at radius 1 is 1.24 bits per heavy atom. The van der Waals surface area contributed by atoms with Crippen LogP contribution in [0.3, 0.4) is 0 Å². The fourth-order valence-electron chi connectivity index (χ4n) is 5.12. The number of carbonyl (C=O) groups excluding carboxylic acids is 1. The van der Waals surface area contributed by atoms with Crippen LogP contribution in [-0.2, 0) is 0 Å². The average molecular weight is 515 g/mol. The highest BCUT2D eigenvalue weighted by atomic mass is 19.1. The van der Waals surface area contributed by atoms with E-state index in [2.05, 4.69) is 32.0 Å². The summed E-state index contributed by atoms with van der Waals surface area (Å²) in [5.74, 6) is -0.205. The van der Waals surface area contributed by atoms with Gasteiger partial charge in [0.15, 0.2) is 11.6 Å². The zero-order valence-electron chi connectivity index (χ0n) is 21.0. The van der Waals surface area contributed by atoms with E-state index in [9.17, 15) is 9.18 Å². The number of carbonyl (C=O) groups is 1. The third-order valence-electron chi connectivity index (χ3n) is 6.88. The van der Waals surface area contributed by atoms with E-state index in [1.807, 2.05) is 25.3 Å². The topological polar surface area (TPSA) is 113 Å². The molecule has 2 aliphatic rings. The molecule has 4 aromatic rings. The predicted molar refractivity (Wildman–Crippen MR) is 143 cm³/mol. The van der Waals surface area contributed by atoms with Gasteiger partial charge in [0.1, 0.15) is 11.6 Å². The highest BCUT2D eigenvalue weighted by molar-refractivity contribution is 6.08. The molecule has 9 nitrogen and oxygen atoms in total. The first kappa shape index (κ1) is 23.9. The second-order valence-electron chi connectivity index (χ2n) is 9.27. The standard InChI is InChI=1S/C28H27FN6O3/c1-30-14-16-6-3-5-15-13-32-28(36)22-23(15)35-25(26(22)33-20-8-4-7-18(29)27(20)37-2)17-11-12-31-19-9-10-21(38-16)34-24(17)19/h3-4,6-12,15-16,30,33,35H,5,13-14H2,1-2H3,(H,32,36)/b6-3-/t15?,16-/m0/s1. The Labute approximate surface area is 218 Å². The number of likely N-dealkylation sites (N-methyl/N-ethyl adjacent to an activating group) is 1. The highest BCUT2D eigenvalue weighted by Gasteiger charge is 2.33. The molecule has 4 bridgehead atoms. The fourth-order valence-corrected chi connectivity index (χ4v) is 5.12. The van der Waals surface area contributed by atoms with E-state index in [0.29, 0.717) is 59.1 Å². The number of H-pyrrole nitrogens is 1. The lowest BCUT2D eigenvalue weighted by Gasteiger charge is -2.23. The number of methoxy groups -OCH3 is 1. The monoisotopic (exact) mass is 514 g/mol. The molecule has 10 heteroatoms. The molecule has 2 aliphatic heterocycles. The summed E-state index contributed by atoms with van der Waals surface area (Å²) in [6.45, 7) is 1.09.